The second-order valence-electron chi connectivity index (χ2n) is 13.0. The molecule has 3 heterocycles. The average molecular weight is 632 g/mol. The van der Waals surface area contributed by atoms with Crippen molar-refractivity contribution in [3.05, 3.63) is 84.2 Å². The van der Waals surface area contributed by atoms with Crippen LogP contribution in [0.3, 0.4) is 0 Å². The number of pyridine rings is 1. The zero-order valence-corrected chi connectivity index (χ0v) is 27.8. The Morgan fingerprint density at radius 1 is 1.04 bits per heavy atom. The lowest BCUT2D eigenvalue weighted by molar-refractivity contribution is -0.111. The van der Waals surface area contributed by atoms with Crippen molar-refractivity contribution in [2.75, 3.05) is 43.1 Å². The third kappa shape index (κ3) is 7.77. The van der Waals surface area contributed by atoms with Crippen molar-refractivity contribution in [3.8, 4) is 11.3 Å². The molecule has 0 saturated heterocycles. The van der Waals surface area contributed by atoms with Crippen molar-refractivity contribution in [1.82, 2.24) is 29.5 Å². The Morgan fingerprint density at radius 2 is 1.87 bits per heavy atom. The summed E-state index contributed by atoms with van der Waals surface area (Å²) in [6.07, 6.45) is 13.6. The van der Waals surface area contributed by atoms with Gasteiger partial charge < -0.3 is 20.9 Å². The number of likely N-dealkylation sites (N-methyl/N-ethyl adjacent to an activating group) is 1. The fourth-order valence-electron chi connectivity index (χ4n) is 6.23. The maximum Gasteiger partial charge on any atom is 0.248 e. The highest BCUT2D eigenvalue weighted by Gasteiger charge is 2.18. The molecule has 5 aromatic rings. The predicted octanol–water partition coefficient (Wildman–Crippen LogP) is 7.12. The molecule has 244 valence electrons. The molecule has 0 atom stereocenters. The molecule has 0 bridgehead atoms. The minimum atomic E-state index is -0.152. The van der Waals surface area contributed by atoms with Crippen molar-refractivity contribution in [1.29, 1.82) is 0 Å². The molecule has 3 aromatic heterocycles. The van der Waals surface area contributed by atoms with Gasteiger partial charge in [-0.25, -0.2) is 0 Å². The zero-order chi connectivity index (χ0) is 32.8. The molecule has 0 radical (unpaired) electrons. The number of fused-ring (bicyclic) bond motifs is 2. The van der Waals surface area contributed by atoms with Crippen molar-refractivity contribution in [2.45, 2.75) is 58.4 Å². The van der Waals surface area contributed by atoms with E-state index in [0.717, 1.165) is 51.0 Å². The quantitative estimate of drug-likeness (QED) is 0.125. The van der Waals surface area contributed by atoms with Crippen LogP contribution in [0.4, 0.5) is 17.6 Å². The molecule has 1 amide bonds. The third-order valence-corrected chi connectivity index (χ3v) is 8.77. The van der Waals surface area contributed by atoms with Crippen LogP contribution in [0.1, 0.15) is 63.0 Å². The number of hydrogen-bond acceptors (Lipinski definition) is 8. The van der Waals surface area contributed by atoms with Gasteiger partial charge >= 0.3 is 0 Å². The second kappa shape index (κ2) is 14.7. The Hall–Kier alpha value is -4.83. The van der Waals surface area contributed by atoms with Gasteiger partial charge in [0.05, 0.1) is 11.9 Å². The molecule has 47 heavy (non-hydrogen) atoms. The van der Waals surface area contributed by atoms with Crippen LogP contribution in [-0.4, -0.2) is 62.6 Å². The number of aromatic nitrogens is 5. The molecular weight excluding hydrogens is 586 g/mol. The van der Waals surface area contributed by atoms with Gasteiger partial charge in [-0.2, -0.15) is 19.6 Å². The second-order valence-corrected chi connectivity index (χ2v) is 13.0. The van der Waals surface area contributed by atoms with E-state index in [4.69, 9.17) is 15.0 Å². The Kier molecular flexibility index (Phi) is 10.1. The number of carbonyl (C=O) groups is 1. The van der Waals surface area contributed by atoms with Gasteiger partial charge in [0.1, 0.15) is 0 Å². The lowest BCUT2D eigenvalue weighted by Crippen LogP contribution is -2.19. The fraction of sp³-hybridized carbons (Fsp3) is 0.378. The van der Waals surface area contributed by atoms with Crippen LogP contribution in [0, 0.1) is 5.92 Å². The summed E-state index contributed by atoms with van der Waals surface area (Å²) < 4.78 is 1.81. The molecule has 1 saturated carbocycles. The van der Waals surface area contributed by atoms with Gasteiger partial charge in [0.2, 0.25) is 17.8 Å². The van der Waals surface area contributed by atoms with Gasteiger partial charge in [-0.3, -0.25) is 9.78 Å². The first-order valence-electron chi connectivity index (χ1n) is 16.7. The molecule has 3 N–H and O–H groups in total. The number of hydrogen-bond donors (Lipinski definition) is 3. The Balaban J connectivity index is 1.25. The van der Waals surface area contributed by atoms with E-state index in [0.29, 0.717) is 30.9 Å². The molecule has 1 fully saturated rings. The first-order chi connectivity index (χ1) is 22.9. The number of carbonyl (C=O) groups excluding carboxylic acids is 1. The summed E-state index contributed by atoms with van der Waals surface area (Å²) in [6.45, 7) is 6.43. The number of rotatable bonds is 12. The maximum absolute atomic E-state index is 12.4. The van der Waals surface area contributed by atoms with Crippen LogP contribution >= 0.6 is 0 Å². The summed E-state index contributed by atoms with van der Waals surface area (Å²) in [5.41, 5.74) is 5.64. The molecule has 0 spiro atoms. The minimum Gasteiger partial charge on any atom is -0.354 e. The highest BCUT2D eigenvalue weighted by Crippen LogP contribution is 2.31. The number of anilines is 3. The van der Waals surface area contributed by atoms with Crippen LogP contribution in [0.25, 0.3) is 27.7 Å². The van der Waals surface area contributed by atoms with Gasteiger partial charge in [0, 0.05) is 54.1 Å². The van der Waals surface area contributed by atoms with Gasteiger partial charge in [-0.1, -0.05) is 69.5 Å². The van der Waals surface area contributed by atoms with Crippen molar-refractivity contribution < 1.29 is 4.79 Å². The molecule has 1 aliphatic carbocycles. The fourth-order valence-corrected chi connectivity index (χ4v) is 6.23. The van der Waals surface area contributed by atoms with E-state index in [1.807, 2.05) is 78.4 Å². The monoisotopic (exact) mass is 631 g/mol. The summed E-state index contributed by atoms with van der Waals surface area (Å²) in [4.78, 5) is 29.1. The Bertz CT molecular complexity index is 1870. The van der Waals surface area contributed by atoms with Crippen LogP contribution in [0.15, 0.2) is 73.1 Å². The first-order valence-corrected chi connectivity index (χ1v) is 16.7. The smallest absolute Gasteiger partial charge is 0.248 e. The van der Waals surface area contributed by atoms with E-state index in [2.05, 4.69) is 47.0 Å². The topological polar surface area (TPSA) is 112 Å². The molecule has 6 rings (SSSR count). The summed E-state index contributed by atoms with van der Waals surface area (Å²) in [7, 11) is 3.93. The Labute approximate surface area is 276 Å². The summed E-state index contributed by atoms with van der Waals surface area (Å²) >= 11 is 0. The van der Waals surface area contributed by atoms with Gasteiger partial charge in [0.25, 0.3) is 0 Å². The van der Waals surface area contributed by atoms with Crippen molar-refractivity contribution >= 4 is 39.9 Å². The largest absolute Gasteiger partial charge is 0.354 e. The van der Waals surface area contributed by atoms with E-state index in [1.54, 1.807) is 6.08 Å². The van der Waals surface area contributed by atoms with E-state index in [-0.39, 0.29) is 11.8 Å². The van der Waals surface area contributed by atoms with E-state index < -0.39 is 0 Å². The summed E-state index contributed by atoms with van der Waals surface area (Å²) in [5, 5.41) is 16.8. The lowest BCUT2D eigenvalue weighted by atomic mass is 9.89. The Morgan fingerprint density at radius 3 is 2.68 bits per heavy atom. The number of amides is 1. The summed E-state index contributed by atoms with van der Waals surface area (Å²) in [5.74, 6) is 2.07. The first kappa shape index (κ1) is 32.1. The highest BCUT2D eigenvalue weighted by atomic mass is 16.1. The number of nitrogens with zero attached hydrogens (tertiary/aromatic N) is 6. The van der Waals surface area contributed by atoms with Gasteiger partial charge in [-0.15, -0.1) is 0 Å². The highest BCUT2D eigenvalue weighted by molar-refractivity contribution is 6.02. The normalized spacial score (nSPS) is 14.1. The number of nitrogens with one attached hydrogen (secondary N) is 3. The van der Waals surface area contributed by atoms with Crippen LogP contribution < -0.4 is 16.0 Å². The van der Waals surface area contributed by atoms with E-state index in [9.17, 15) is 4.79 Å². The van der Waals surface area contributed by atoms with Crippen LogP contribution in [0.2, 0.25) is 0 Å². The molecular formula is C37H45N9O. The molecule has 0 aliphatic heterocycles. The van der Waals surface area contributed by atoms with Crippen LogP contribution in [-0.2, 0) is 11.3 Å². The maximum atomic E-state index is 12.4. The molecule has 10 nitrogen and oxygen atoms in total. The van der Waals surface area contributed by atoms with Crippen LogP contribution in [0.5, 0.6) is 0 Å². The average Bonchev–Trinajstić information content (AvgIpc) is 3.51. The molecule has 10 heteroatoms. The number of benzene rings is 2. The van der Waals surface area contributed by atoms with E-state index >= 15 is 0 Å². The third-order valence-electron chi connectivity index (χ3n) is 8.77. The summed E-state index contributed by atoms with van der Waals surface area (Å²) in [6, 6.07) is 16.2. The van der Waals surface area contributed by atoms with Gasteiger partial charge in [0.15, 0.2) is 5.65 Å². The molecule has 1 aliphatic rings. The lowest BCUT2D eigenvalue weighted by Gasteiger charge is -2.22. The van der Waals surface area contributed by atoms with Crippen molar-refractivity contribution in [2.24, 2.45) is 5.92 Å². The standard InChI is InChI=1S/C37H45N9O/c1-25(2)32-24-41-46-35(32)43-36(39-22-26-11-6-5-7-12-26)44-37(46)40-23-28-13-8-9-14-30(28)34-31-17-16-29(21-27(31)18-19-38-34)42-33(47)15-10-20-45(3)4/h8-10,13-19,21,24-26H,5-7,11-12,20,22-23H2,1-4H3,(H,42,47)(H2,39,40,43,44)/b15-10+. The minimum absolute atomic E-state index is 0.152. The molecule has 0 unspecified atom stereocenters. The SMILES string of the molecule is CC(C)c1cnn2c(NCc3ccccc3-c3nccc4cc(NC(=O)/C=C/CN(C)C)ccc34)nc(NCC3CCCCC3)nc12. The van der Waals surface area contributed by atoms with E-state index in [1.165, 1.54) is 32.1 Å². The van der Waals surface area contributed by atoms with Gasteiger partial charge in [-0.05, 0) is 67.9 Å². The van der Waals surface area contributed by atoms with Crippen molar-refractivity contribution in [3.63, 3.8) is 0 Å². The predicted molar refractivity (Wildman–Crippen MR) is 191 cm³/mol. The molecule has 2 aromatic carbocycles. The zero-order valence-electron chi connectivity index (χ0n) is 27.8.